The standard InChI is InChI=1S/C44H53Cl3N4O5S/c1-2-3-4-5-6-7-8-9-10-11-12-13-14-15-16-18-23-31-28-38(52)50(43(31)54)37-27-22-21-26-34(37)42(53)48-41-40(57(56)33-24-19-17-20-25-33)44(55)51(49-41)39-35(46)29-32(45)30-36(39)47/h17,19-22,24-27,29-31,40H,2-16,18,23,28H2,1H3,(H,48,49,53). The van der Waals surface area contributed by atoms with Gasteiger partial charge in [-0.15, -0.1) is 5.10 Å². The van der Waals surface area contributed by atoms with Gasteiger partial charge >= 0.3 is 0 Å². The fourth-order valence-corrected chi connectivity index (χ4v) is 9.73. The number of para-hydroxylation sites is 1. The predicted octanol–water partition coefficient (Wildman–Crippen LogP) is 11.4. The summed E-state index contributed by atoms with van der Waals surface area (Å²) >= 11 is 19.0. The Morgan fingerprint density at radius 3 is 1.84 bits per heavy atom. The van der Waals surface area contributed by atoms with Gasteiger partial charge < -0.3 is 5.32 Å². The minimum atomic E-state index is -2.01. The SMILES string of the molecule is CCCCCCCCCCCCCCCCCCC1CC(=O)N(c2ccccc2C(=O)NC2=NN(c3c(Cl)cc(Cl)cc3Cl)C(=O)C2S(=O)c2ccccc2)C1=O. The van der Waals surface area contributed by atoms with Crippen molar-refractivity contribution in [3.63, 3.8) is 0 Å². The lowest BCUT2D eigenvalue weighted by Gasteiger charge is -2.19. The average Bonchev–Trinajstić information content (AvgIpc) is 3.66. The molecule has 3 atom stereocenters. The van der Waals surface area contributed by atoms with E-state index in [0.29, 0.717) is 11.3 Å². The number of nitrogens with zero attached hydrogens (tertiary/aromatic N) is 3. The Labute approximate surface area is 354 Å². The Morgan fingerprint density at radius 2 is 1.26 bits per heavy atom. The highest BCUT2D eigenvalue weighted by atomic mass is 35.5. The second kappa shape index (κ2) is 22.5. The van der Waals surface area contributed by atoms with E-state index in [1.807, 2.05) is 0 Å². The molecule has 0 radical (unpaired) electrons. The molecule has 4 amide bonds. The number of unbranched alkanes of at least 4 members (excludes halogenated alkanes) is 15. The third-order valence-corrected chi connectivity index (χ3v) is 12.9. The summed E-state index contributed by atoms with van der Waals surface area (Å²) < 4.78 is 13.9. The molecule has 2 heterocycles. The maximum Gasteiger partial charge on any atom is 0.271 e. The lowest BCUT2D eigenvalue weighted by Crippen LogP contribution is -2.43. The third-order valence-electron chi connectivity index (χ3n) is 10.5. The Balaban J connectivity index is 1.16. The van der Waals surface area contributed by atoms with Gasteiger partial charge in [0.2, 0.25) is 11.8 Å². The van der Waals surface area contributed by atoms with Crippen LogP contribution >= 0.6 is 34.8 Å². The molecule has 306 valence electrons. The highest BCUT2D eigenvalue weighted by molar-refractivity contribution is 7.87. The molecule has 3 aromatic carbocycles. The van der Waals surface area contributed by atoms with Crippen molar-refractivity contribution in [2.75, 3.05) is 9.91 Å². The van der Waals surface area contributed by atoms with Crippen LogP contribution in [0.1, 0.15) is 133 Å². The number of anilines is 2. The van der Waals surface area contributed by atoms with Crippen LogP contribution in [0.15, 0.2) is 76.7 Å². The minimum absolute atomic E-state index is 0.0103. The Kier molecular flexibility index (Phi) is 17.6. The fraction of sp³-hybridized carbons (Fsp3) is 0.477. The number of imide groups is 1. The Morgan fingerprint density at radius 1 is 0.737 bits per heavy atom. The van der Waals surface area contributed by atoms with Crippen LogP contribution < -0.4 is 15.2 Å². The molecule has 3 aromatic rings. The van der Waals surface area contributed by atoms with E-state index in [1.54, 1.807) is 48.5 Å². The number of benzene rings is 3. The van der Waals surface area contributed by atoms with Crippen LogP contribution in [0.4, 0.5) is 11.4 Å². The molecule has 2 aliphatic heterocycles. The largest absolute Gasteiger partial charge is 0.307 e. The first-order valence-corrected chi connectivity index (χ1v) is 22.8. The number of nitrogens with one attached hydrogen (secondary N) is 1. The molecule has 0 aromatic heterocycles. The zero-order valence-electron chi connectivity index (χ0n) is 32.7. The van der Waals surface area contributed by atoms with Crippen LogP contribution in [0, 0.1) is 5.92 Å². The first-order valence-electron chi connectivity index (χ1n) is 20.4. The van der Waals surface area contributed by atoms with Gasteiger partial charge in [0.1, 0.15) is 5.69 Å². The van der Waals surface area contributed by atoms with E-state index in [-0.39, 0.29) is 56.1 Å². The van der Waals surface area contributed by atoms with E-state index in [1.165, 1.54) is 102 Å². The molecule has 9 nitrogen and oxygen atoms in total. The molecule has 0 aliphatic carbocycles. The number of rotatable bonds is 22. The molecule has 0 bridgehead atoms. The normalized spacial score (nSPS) is 17.4. The van der Waals surface area contributed by atoms with Gasteiger partial charge in [-0.05, 0) is 42.8 Å². The van der Waals surface area contributed by atoms with E-state index in [2.05, 4.69) is 17.3 Å². The molecule has 2 aliphatic rings. The summed E-state index contributed by atoms with van der Waals surface area (Å²) in [5, 5.41) is 6.76. The summed E-state index contributed by atoms with van der Waals surface area (Å²) in [4.78, 5) is 56.4. The number of halogens is 3. The predicted molar refractivity (Wildman–Crippen MR) is 232 cm³/mol. The molecule has 0 spiro atoms. The van der Waals surface area contributed by atoms with Crippen LogP contribution in [0.5, 0.6) is 0 Å². The third kappa shape index (κ3) is 12.0. The Bertz CT molecular complexity index is 1900. The molecular weight excluding hydrogens is 803 g/mol. The van der Waals surface area contributed by atoms with Crippen molar-refractivity contribution in [2.45, 2.75) is 133 Å². The van der Waals surface area contributed by atoms with Crippen molar-refractivity contribution >= 4 is 86.4 Å². The summed E-state index contributed by atoms with van der Waals surface area (Å²) in [6, 6.07) is 17.4. The number of hydrazone groups is 1. The zero-order chi connectivity index (χ0) is 40.7. The molecule has 1 saturated heterocycles. The first-order chi connectivity index (χ1) is 27.6. The number of amidine groups is 1. The summed E-state index contributed by atoms with van der Waals surface area (Å²) in [7, 11) is -2.01. The van der Waals surface area contributed by atoms with Crippen molar-refractivity contribution in [3.8, 4) is 0 Å². The monoisotopic (exact) mass is 854 g/mol. The van der Waals surface area contributed by atoms with Crippen molar-refractivity contribution in [3.05, 3.63) is 87.4 Å². The van der Waals surface area contributed by atoms with Crippen LogP contribution in [-0.4, -0.2) is 38.9 Å². The second-order valence-electron chi connectivity index (χ2n) is 14.9. The van der Waals surface area contributed by atoms with Crippen LogP contribution in [-0.2, 0) is 25.2 Å². The average molecular weight is 856 g/mol. The second-order valence-corrected chi connectivity index (χ2v) is 17.7. The molecule has 13 heteroatoms. The topological polar surface area (TPSA) is 116 Å². The first kappa shape index (κ1) is 44.5. The molecular formula is C44H53Cl3N4O5S. The van der Waals surface area contributed by atoms with Crippen LogP contribution in [0.3, 0.4) is 0 Å². The van der Waals surface area contributed by atoms with Gasteiger partial charge in [-0.25, -0.2) is 4.90 Å². The lowest BCUT2D eigenvalue weighted by atomic mass is 9.98. The quantitative estimate of drug-likeness (QED) is 0.0798. The summed E-state index contributed by atoms with van der Waals surface area (Å²) in [6.07, 6.45) is 20.8. The molecule has 1 N–H and O–H groups in total. The number of amides is 4. The van der Waals surface area contributed by atoms with Gasteiger partial charge in [-0.1, -0.05) is 175 Å². The molecule has 57 heavy (non-hydrogen) atoms. The van der Waals surface area contributed by atoms with E-state index in [4.69, 9.17) is 34.8 Å². The van der Waals surface area contributed by atoms with E-state index < -0.39 is 33.8 Å². The van der Waals surface area contributed by atoms with Gasteiger partial charge in [0.05, 0.1) is 32.1 Å². The molecule has 0 saturated carbocycles. The summed E-state index contributed by atoms with van der Waals surface area (Å²) in [5.41, 5.74) is 0.157. The maximum atomic E-state index is 14.0. The van der Waals surface area contributed by atoms with E-state index in [9.17, 15) is 23.4 Å². The fourth-order valence-electron chi connectivity index (χ4n) is 7.47. The molecule has 5 rings (SSSR count). The van der Waals surface area contributed by atoms with Crippen LogP contribution in [0.25, 0.3) is 0 Å². The van der Waals surface area contributed by atoms with Crippen molar-refractivity contribution in [1.29, 1.82) is 0 Å². The van der Waals surface area contributed by atoms with Crippen molar-refractivity contribution in [2.24, 2.45) is 11.0 Å². The number of carbonyl (C=O) groups excluding carboxylic acids is 4. The smallest absolute Gasteiger partial charge is 0.271 e. The van der Waals surface area contributed by atoms with Crippen molar-refractivity contribution in [1.82, 2.24) is 5.32 Å². The number of hydrogen-bond acceptors (Lipinski definition) is 6. The molecule has 1 fully saturated rings. The number of hydrogen-bond donors (Lipinski definition) is 1. The van der Waals surface area contributed by atoms with Gasteiger partial charge in [0.25, 0.3) is 11.8 Å². The van der Waals surface area contributed by atoms with E-state index in [0.717, 1.165) is 29.2 Å². The Hall–Kier alpha value is -3.57. The summed E-state index contributed by atoms with van der Waals surface area (Å²) in [5.74, 6) is -2.88. The van der Waals surface area contributed by atoms with Gasteiger partial charge in [-0.2, -0.15) is 5.01 Å². The lowest BCUT2D eigenvalue weighted by molar-refractivity contribution is -0.122. The minimum Gasteiger partial charge on any atom is -0.307 e. The van der Waals surface area contributed by atoms with Gasteiger partial charge in [-0.3, -0.25) is 23.4 Å². The maximum absolute atomic E-state index is 14.0. The van der Waals surface area contributed by atoms with E-state index >= 15 is 0 Å². The van der Waals surface area contributed by atoms with Gasteiger partial charge in [0, 0.05) is 22.3 Å². The van der Waals surface area contributed by atoms with Gasteiger partial charge in [0.15, 0.2) is 11.1 Å². The highest BCUT2D eigenvalue weighted by Crippen LogP contribution is 2.39. The highest BCUT2D eigenvalue weighted by Gasteiger charge is 2.45. The molecule has 3 unspecified atom stereocenters. The van der Waals surface area contributed by atoms with Crippen molar-refractivity contribution < 1.29 is 23.4 Å². The zero-order valence-corrected chi connectivity index (χ0v) is 35.7. The van der Waals surface area contributed by atoms with Crippen LogP contribution in [0.2, 0.25) is 15.1 Å². The summed E-state index contributed by atoms with van der Waals surface area (Å²) in [6.45, 7) is 2.26. The number of carbonyl (C=O) groups is 4.